The van der Waals surface area contributed by atoms with E-state index in [0.717, 1.165) is 27.8 Å². The Kier molecular flexibility index (Phi) is 6.32. The normalized spacial score (nSPS) is 20.4. The van der Waals surface area contributed by atoms with Gasteiger partial charge in [-0.2, -0.15) is 0 Å². The molecule has 0 saturated carbocycles. The van der Waals surface area contributed by atoms with E-state index in [9.17, 15) is 29.0 Å². The lowest BCUT2D eigenvalue weighted by Crippen LogP contribution is -2.70. The van der Waals surface area contributed by atoms with Gasteiger partial charge in [0.2, 0.25) is 0 Å². The second-order valence-corrected chi connectivity index (χ2v) is 9.39. The lowest BCUT2D eigenvalue weighted by atomic mass is 9.98. The SMILES string of the molecule is Nc1nc(/C(=C/Cl)C(=O)N[C@@H]2C(=O)N3C(C(=O)O)=C(Cc4ccc(O)c(F)c4)CS[C@@H]23)cs1. The second kappa shape index (κ2) is 9.04. The standard InChI is InChI=1S/C20H16ClFN4O5S2/c21-5-10(12-7-33-20(23)24-12)16(28)25-14-17(29)26-15(19(30)31)9(6-32-18(14)26)3-8-1-2-13(27)11(22)4-8/h1-2,4-5,7,14,18,27H,3,6H2,(H2,23,24)(H,25,28)(H,30,31)/b10-5-/t14-,18+/m1/s1. The molecule has 1 aromatic carbocycles. The van der Waals surface area contributed by atoms with Gasteiger partial charge in [-0.15, -0.1) is 23.1 Å². The van der Waals surface area contributed by atoms with Gasteiger partial charge in [0, 0.05) is 16.7 Å². The van der Waals surface area contributed by atoms with Crippen molar-refractivity contribution in [2.75, 3.05) is 11.5 Å². The molecule has 2 aliphatic heterocycles. The van der Waals surface area contributed by atoms with Crippen LogP contribution in [-0.2, 0) is 20.8 Å². The van der Waals surface area contributed by atoms with E-state index in [2.05, 4.69) is 10.3 Å². The minimum absolute atomic E-state index is 0.0284. The minimum atomic E-state index is -1.30. The van der Waals surface area contributed by atoms with Crippen molar-refractivity contribution in [3.8, 4) is 5.75 Å². The molecule has 172 valence electrons. The first-order valence-electron chi connectivity index (χ1n) is 9.41. The number of β-lactam (4-membered cyclic amide) rings is 1. The van der Waals surface area contributed by atoms with Crippen LogP contribution in [-0.4, -0.2) is 55.0 Å². The number of benzene rings is 1. The molecule has 1 fully saturated rings. The molecule has 2 atom stereocenters. The van der Waals surface area contributed by atoms with Crippen LogP contribution in [0, 0.1) is 5.82 Å². The lowest BCUT2D eigenvalue weighted by molar-refractivity contribution is -0.150. The number of nitrogens with one attached hydrogen (secondary N) is 1. The number of anilines is 1. The first-order valence-corrected chi connectivity index (χ1v) is 11.8. The molecule has 0 radical (unpaired) electrons. The number of aromatic nitrogens is 1. The van der Waals surface area contributed by atoms with E-state index >= 15 is 0 Å². The molecule has 2 amide bonds. The molecule has 0 aliphatic carbocycles. The fourth-order valence-corrected chi connectivity index (χ4v) is 5.70. The Morgan fingerprint density at radius 3 is 2.79 bits per heavy atom. The number of aliphatic carboxylic acids is 1. The molecule has 13 heteroatoms. The van der Waals surface area contributed by atoms with Crippen molar-refractivity contribution < 1.29 is 29.0 Å². The van der Waals surface area contributed by atoms with Crippen molar-refractivity contribution in [1.29, 1.82) is 0 Å². The van der Waals surface area contributed by atoms with E-state index in [1.807, 2.05) is 0 Å². The summed E-state index contributed by atoms with van der Waals surface area (Å²) in [7, 11) is 0. The zero-order valence-corrected chi connectivity index (χ0v) is 19.0. The summed E-state index contributed by atoms with van der Waals surface area (Å²) >= 11 is 8.19. The summed E-state index contributed by atoms with van der Waals surface area (Å²) in [4.78, 5) is 42.6. The molecule has 33 heavy (non-hydrogen) atoms. The molecule has 2 aromatic rings. The van der Waals surface area contributed by atoms with Gasteiger partial charge in [0.25, 0.3) is 11.8 Å². The van der Waals surface area contributed by atoms with E-state index in [0.29, 0.717) is 11.1 Å². The average Bonchev–Trinajstić information content (AvgIpc) is 3.20. The average molecular weight is 511 g/mol. The van der Waals surface area contributed by atoms with Crippen LogP contribution in [0.2, 0.25) is 0 Å². The van der Waals surface area contributed by atoms with Crippen LogP contribution in [0.3, 0.4) is 0 Å². The van der Waals surface area contributed by atoms with Gasteiger partial charge >= 0.3 is 5.97 Å². The number of phenols is 1. The highest BCUT2D eigenvalue weighted by molar-refractivity contribution is 8.00. The van der Waals surface area contributed by atoms with Crippen molar-refractivity contribution in [2.24, 2.45) is 0 Å². The van der Waals surface area contributed by atoms with Gasteiger partial charge in [-0.3, -0.25) is 14.5 Å². The molecular formula is C20H16ClFN4O5S2. The Balaban J connectivity index is 1.53. The number of carbonyl (C=O) groups excluding carboxylic acids is 2. The molecule has 1 aromatic heterocycles. The molecule has 9 nitrogen and oxygen atoms in total. The number of rotatable bonds is 6. The van der Waals surface area contributed by atoms with Crippen molar-refractivity contribution in [1.82, 2.24) is 15.2 Å². The quantitative estimate of drug-likeness (QED) is 0.341. The maximum Gasteiger partial charge on any atom is 0.352 e. The van der Waals surface area contributed by atoms with Gasteiger partial charge in [0.05, 0.1) is 11.3 Å². The number of carboxylic acid groups (broad SMARTS) is 1. The third-order valence-electron chi connectivity index (χ3n) is 5.12. The summed E-state index contributed by atoms with van der Waals surface area (Å²) < 4.78 is 13.7. The van der Waals surface area contributed by atoms with Gasteiger partial charge in [0.1, 0.15) is 17.1 Å². The zero-order chi connectivity index (χ0) is 23.9. The number of nitrogens with two attached hydrogens (primary N) is 1. The van der Waals surface area contributed by atoms with Crippen molar-refractivity contribution in [2.45, 2.75) is 17.8 Å². The van der Waals surface area contributed by atoms with Gasteiger partial charge in [-0.25, -0.2) is 14.2 Å². The second-order valence-electron chi connectivity index (χ2n) is 7.17. The lowest BCUT2D eigenvalue weighted by Gasteiger charge is -2.49. The number of aromatic hydroxyl groups is 1. The predicted octanol–water partition coefficient (Wildman–Crippen LogP) is 2.13. The monoisotopic (exact) mass is 510 g/mol. The number of nitrogens with zero attached hydrogens (tertiary/aromatic N) is 2. The van der Waals surface area contributed by atoms with E-state index in [1.54, 1.807) is 5.38 Å². The van der Waals surface area contributed by atoms with E-state index in [4.69, 9.17) is 17.3 Å². The number of thioether (sulfide) groups is 1. The van der Waals surface area contributed by atoms with E-state index < -0.39 is 40.8 Å². The summed E-state index contributed by atoms with van der Waals surface area (Å²) in [6, 6.07) is 2.83. The van der Waals surface area contributed by atoms with Gasteiger partial charge in [-0.05, 0) is 29.7 Å². The summed E-state index contributed by atoms with van der Waals surface area (Å²) in [5.74, 6) is -3.59. The Morgan fingerprint density at radius 1 is 1.42 bits per heavy atom. The zero-order valence-electron chi connectivity index (χ0n) is 16.6. The highest BCUT2D eigenvalue weighted by atomic mass is 35.5. The number of phenolic OH excluding ortho intramolecular Hbond substituents is 1. The van der Waals surface area contributed by atoms with Crippen LogP contribution >= 0.6 is 34.7 Å². The third kappa shape index (κ3) is 4.28. The molecular weight excluding hydrogens is 495 g/mol. The Bertz CT molecular complexity index is 1230. The largest absolute Gasteiger partial charge is 0.505 e. The Hall–Kier alpha value is -3.09. The minimum Gasteiger partial charge on any atom is -0.505 e. The van der Waals surface area contributed by atoms with E-state index in [-0.39, 0.29) is 34.3 Å². The summed E-state index contributed by atoms with van der Waals surface area (Å²) in [6.07, 6.45) is 0.0870. The van der Waals surface area contributed by atoms with Crippen molar-refractivity contribution in [3.63, 3.8) is 0 Å². The maximum atomic E-state index is 13.7. The summed E-state index contributed by atoms with van der Waals surface area (Å²) in [5, 5.41) is 22.9. The topological polar surface area (TPSA) is 146 Å². The molecule has 4 rings (SSSR count). The van der Waals surface area contributed by atoms with Gasteiger partial charge in [0.15, 0.2) is 16.7 Å². The van der Waals surface area contributed by atoms with Crippen molar-refractivity contribution >= 4 is 63.2 Å². The molecule has 0 spiro atoms. The fraction of sp³-hybridized carbons (Fsp3) is 0.200. The molecule has 0 bridgehead atoms. The van der Waals surface area contributed by atoms with Crippen molar-refractivity contribution in [3.05, 3.63) is 57.5 Å². The summed E-state index contributed by atoms with van der Waals surface area (Å²) in [5.41, 5.74) is 7.61. The molecule has 5 N–H and O–H groups in total. The summed E-state index contributed by atoms with van der Waals surface area (Å²) in [6.45, 7) is 0. The first kappa shape index (κ1) is 23.1. The predicted molar refractivity (Wildman–Crippen MR) is 122 cm³/mol. The molecule has 0 unspecified atom stereocenters. The number of carbonyl (C=O) groups is 3. The number of halogens is 2. The third-order valence-corrected chi connectivity index (χ3v) is 7.35. The van der Waals surface area contributed by atoms with Crippen LogP contribution in [0.4, 0.5) is 9.52 Å². The number of carboxylic acids is 1. The van der Waals surface area contributed by atoms with E-state index in [1.165, 1.54) is 23.9 Å². The number of amides is 2. The van der Waals surface area contributed by atoms with Gasteiger partial charge < -0.3 is 21.3 Å². The number of hydrogen-bond donors (Lipinski definition) is 4. The number of fused-ring (bicyclic) bond motifs is 1. The van der Waals surface area contributed by atoms with Crippen LogP contribution in [0.15, 0.2) is 40.4 Å². The number of hydrogen-bond acceptors (Lipinski definition) is 8. The van der Waals surface area contributed by atoms with Crippen LogP contribution in [0.1, 0.15) is 11.3 Å². The highest BCUT2D eigenvalue weighted by Crippen LogP contribution is 2.41. The molecule has 1 saturated heterocycles. The smallest absolute Gasteiger partial charge is 0.352 e. The Morgan fingerprint density at radius 2 is 2.18 bits per heavy atom. The van der Waals surface area contributed by atoms with Crippen LogP contribution < -0.4 is 11.1 Å². The Labute approximate surface area is 199 Å². The van der Waals surface area contributed by atoms with Crippen LogP contribution in [0.25, 0.3) is 5.57 Å². The molecule has 2 aliphatic rings. The van der Waals surface area contributed by atoms with Gasteiger partial charge in [-0.1, -0.05) is 17.7 Å². The maximum absolute atomic E-state index is 13.7. The number of thiazole rings is 1. The highest BCUT2D eigenvalue weighted by Gasteiger charge is 2.54. The number of nitrogen functional groups attached to an aromatic ring is 1. The van der Waals surface area contributed by atoms with Crippen LogP contribution in [0.5, 0.6) is 5.75 Å². The molecule has 3 heterocycles. The fourth-order valence-electron chi connectivity index (χ4n) is 3.58. The first-order chi connectivity index (χ1) is 15.7.